The minimum absolute atomic E-state index is 0.109. The molecule has 1 aromatic carbocycles. The van der Waals surface area contributed by atoms with E-state index in [9.17, 15) is 17.2 Å². The van der Waals surface area contributed by atoms with Crippen molar-refractivity contribution in [3.8, 4) is 0 Å². The molecule has 0 unspecified atom stereocenters. The molecule has 0 fully saturated rings. The Bertz CT molecular complexity index is 454. The Kier molecular flexibility index (Phi) is 5.02. The summed E-state index contributed by atoms with van der Waals surface area (Å²) in [6, 6.07) is 3.30. The summed E-state index contributed by atoms with van der Waals surface area (Å²) in [6.07, 6.45) is 1.66. The van der Waals surface area contributed by atoms with E-state index < -0.39 is 21.5 Å². The number of halogens is 2. The molecule has 0 amide bonds. The Labute approximate surface area is 99.8 Å². The maximum absolute atomic E-state index is 12.8. The van der Waals surface area contributed by atoms with Crippen molar-refractivity contribution in [3.63, 3.8) is 0 Å². The normalized spacial score (nSPS) is 11.7. The van der Waals surface area contributed by atoms with Crippen molar-refractivity contribution in [3.05, 3.63) is 35.4 Å². The van der Waals surface area contributed by atoms with Gasteiger partial charge in [-0.3, -0.25) is 0 Å². The fraction of sp³-hybridized carbons (Fsp3) is 0.455. The quantitative estimate of drug-likeness (QED) is 0.791. The Morgan fingerprint density at radius 1 is 1.18 bits per heavy atom. The van der Waals surface area contributed by atoms with Crippen LogP contribution in [0, 0.1) is 11.6 Å². The number of rotatable bonds is 6. The average molecular weight is 263 g/mol. The van der Waals surface area contributed by atoms with E-state index in [0.29, 0.717) is 25.1 Å². The molecular formula is C11H15F2NO2S. The van der Waals surface area contributed by atoms with Gasteiger partial charge in [0.05, 0.1) is 5.75 Å². The number of hydrogen-bond acceptors (Lipinski definition) is 3. The van der Waals surface area contributed by atoms with Crippen LogP contribution in [0.4, 0.5) is 8.78 Å². The first-order valence-corrected chi connectivity index (χ1v) is 7.26. The van der Waals surface area contributed by atoms with Crippen LogP contribution in [-0.2, 0) is 16.4 Å². The van der Waals surface area contributed by atoms with Gasteiger partial charge >= 0.3 is 0 Å². The van der Waals surface area contributed by atoms with Crippen LogP contribution in [0.25, 0.3) is 0 Å². The molecule has 0 saturated carbocycles. The van der Waals surface area contributed by atoms with Crippen molar-refractivity contribution in [1.82, 2.24) is 5.32 Å². The Morgan fingerprint density at radius 3 is 2.29 bits per heavy atom. The van der Waals surface area contributed by atoms with E-state index in [1.807, 2.05) is 0 Å². The van der Waals surface area contributed by atoms with E-state index in [2.05, 4.69) is 5.32 Å². The van der Waals surface area contributed by atoms with Gasteiger partial charge in [0.15, 0.2) is 0 Å². The fourth-order valence-corrected chi connectivity index (χ4v) is 2.07. The van der Waals surface area contributed by atoms with Crippen molar-refractivity contribution >= 4 is 9.84 Å². The van der Waals surface area contributed by atoms with Gasteiger partial charge < -0.3 is 5.32 Å². The van der Waals surface area contributed by atoms with E-state index in [0.717, 1.165) is 6.07 Å². The number of hydrogen-bond donors (Lipinski definition) is 1. The molecule has 1 aromatic rings. The van der Waals surface area contributed by atoms with Gasteiger partial charge in [0.1, 0.15) is 21.5 Å². The molecule has 3 nitrogen and oxygen atoms in total. The molecule has 0 aliphatic carbocycles. The molecule has 0 aliphatic rings. The Balaban J connectivity index is 2.31. The second-order valence-corrected chi connectivity index (χ2v) is 6.20. The number of sulfone groups is 1. The molecule has 6 heteroatoms. The summed E-state index contributed by atoms with van der Waals surface area (Å²) in [5.74, 6) is -1.12. The number of benzene rings is 1. The van der Waals surface area contributed by atoms with Crippen LogP contribution in [0.15, 0.2) is 18.2 Å². The zero-order valence-electron chi connectivity index (χ0n) is 9.54. The third-order valence-electron chi connectivity index (χ3n) is 2.12. The van der Waals surface area contributed by atoms with Crippen molar-refractivity contribution in [1.29, 1.82) is 0 Å². The molecule has 1 N–H and O–H groups in total. The molecular weight excluding hydrogens is 248 g/mol. The molecule has 17 heavy (non-hydrogen) atoms. The van der Waals surface area contributed by atoms with Gasteiger partial charge in [-0.25, -0.2) is 17.2 Å². The zero-order chi connectivity index (χ0) is 12.9. The summed E-state index contributed by atoms with van der Waals surface area (Å²) < 4.78 is 47.3. The lowest BCUT2D eigenvalue weighted by Crippen LogP contribution is -2.18. The predicted molar refractivity (Wildman–Crippen MR) is 62.4 cm³/mol. The zero-order valence-corrected chi connectivity index (χ0v) is 10.4. The highest BCUT2D eigenvalue weighted by molar-refractivity contribution is 7.90. The monoisotopic (exact) mass is 263 g/mol. The fourth-order valence-electron chi connectivity index (χ4n) is 1.41. The first-order valence-electron chi connectivity index (χ1n) is 5.20. The SMILES string of the molecule is CS(=O)(=O)CCCNCc1cc(F)cc(F)c1. The lowest BCUT2D eigenvalue weighted by molar-refractivity contribution is 0.574. The topological polar surface area (TPSA) is 46.2 Å². The smallest absolute Gasteiger partial charge is 0.147 e. The summed E-state index contributed by atoms with van der Waals surface area (Å²) >= 11 is 0. The van der Waals surface area contributed by atoms with Crippen LogP contribution < -0.4 is 5.32 Å². The van der Waals surface area contributed by atoms with Crippen LogP contribution in [0.3, 0.4) is 0 Å². The van der Waals surface area contributed by atoms with E-state index in [1.165, 1.54) is 18.4 Å². The molecule has 1 rings (SSSR count). The first-order chi connectivity index (χ1) is 7.87. The van der Waals surface area contributed by atoms with Gasteiger partial charge in [-0.15, -0.1) is 0 Å². The maximum atomic E-state index is 12.8. The summed E-state index contributed by atoms with van der Waals surface area (Å²) in [5.41, 5.74) is 0.502. The third kappa shape index (κ3) is 6.33. The molecule has 0 spiro atoms. The van der Waals surface area contributed by atoms with Gasteiger partial charge in [0.25, 0.3) is 0 Å². The lowest BCUT2D eigenvalue weighted by Gasteiger charge is -2.05. The van der Waals surface area contributed by atoms with Gasteiger partial charge in [0, 0.05) is 18.9 Å². The van der Waals surface area contributed by atoms with Crippen molar-refractivity contribution in [2.75, 3.05) is 18.6 Å². The van der Waals surface area contributed by atoms with Crippen LogP contribution in [-0.4, -0.2) is 27.0 Å². The van der Waals surface area contributed by atoms with Gasteiger partial charge in [-0.1, -0.05) is 0 Å². The Hall–Kier alpha value is -1.01. The number of nitrogens with one attached hydrogen (secondary N) is 1. The maximum Gasteiger partial charge on any atom is 0.147 e. The molecule has 0 atom stereocenters. The Morgan fingerprint density at radius 2 is 1.76 bits per heavy atom. The molecule has 0 aromatic heterocycles. The van der Waals surface area contributed by atoms with Crippen molar-refractivity contribution < 1.29 is 17.2 Å². The van der Waals surface area contributed by atoms with Crippen molar-refractivity contribution in [2.45, 2.75) is 13.0 Å². The minimum Gasteiger partial charge on any atom is -0.313 e. The van der Waals surface area contributed by atoms with Gasteiger partial charge in [0.2, 0.25) is 0 Å². The van der Waals surface area contributed by atoms with E-state index in [-0.39, 0.29) is 5.75 Å². The highest BCUT2D eigenvalue weighted by Gasteiger charge is 2.02. The van der Waals surface area contributed by atoms with E-state index >= 15 is 0 Å². The largest absolute Gasteiger partial charge is 0.313 e. The predicted octanol–water partition coefficient (Wildman–Crippen LogP) is 1.49. The summed E-state index contributed by atoms with van der Waals surface area (Å²) in [7, 11) is -2.94. The minimum atomic E-state index is -2.94. The second-order valence-electron chi connectivity index (χ2n) is 3.94. The summed E-state index contributed by atoms with van der Waals surface area (Å²) in [5, 5.41) is 2.93. The van der Waals surface area contributed by atoms with E-state index in [1.54, 1.807) is 0 Å². The molecule has 0 radical (unpaired) electrons. The van der Waals surface area contributed by atoms with Gasteiger partial charge in [-0.2, -0.15) is 0 Å². The standard InChI is InChI=1S/C11H15F2NO2S/c1-17(15,16)4-2-3-14-8-9-5-10(12)7-11(13)6-9/h5-7,14H,2-4,8H2,1H3. The van der Waals surface area contributed by atoms with Gasteiger partial charge in [-0.05, 0) is 30.7 Å². The van der Waals surface area contributed by atoms with Crippen LogP contribution in [0.5, 0.6) is 0 Å². The summed E-state index contributed by atoms with van der Waals surface area (Å²) in [6.45, 7) is 0.809. The molecule has 96 valence electrons. The van der Waals surface area contributed by atoms with Crippen molar-refractivity contribution in [2.24, 2.45) is 0 Å². The summed E-state index contributed by atoms with van der Waals surface area (Å²) in [4.78, 5) is 0. The average Bonchev–Trinajstić information content (AvgIpc) is 2.13. The lowest BCUT2D eigenvalue weighted by atomic mass is 10.2. The van der Waals surface area contributed by atoms with Crippen LogP contribution >= 0.6 is 0 Å². The van der Waals surface area contributed by atoms with Crippen LogP contribution in [0.2, 0.25) is 0 Å². The molecule has 0 aliphatic heterocycles. The van der Waals surface area contributed by atoms with Crippen LogP contribution in [0.1, 0.15) is 12.0 Å². The molecule has 0 saturated heterocycles. The third-order valence-corrected chi connectivity index (χ3v) is 3.15. The van der Waals surface area contributed by atoms with E-state index in [4.69, 9.17) is 0 Å². The highest BCUT2D eigenvalue weighted by atomic mass is 32.2. The second kappa shape index (κ2) is 6.07. The first kappa shape index (κ1) is 14.1. The molecule has 0 heterocycles. The molecule has 0 bridgehead atoms. The highest BCUT2D eigenvalue weighted by Crippen LogP contribution is 2.07.